The Kier molecular flexibility index (Phi) is 6.51. The van der Waals surface area contributed by atoms with Gasteiger partial charge in [0, 0.05) is 16.7 Å². The van der Waals surface area contributed by atoms with E-state index >= 15 is 0 Å². The molecule has 0 aliphatic rings. The number of benzene rings is 1. The number of nitrogens with one attached hydrogen (secondary N) is 1. The summed E-state index contributed by atoms with van der Waals surface area (Å²) in [6.07, 6.45) is -0.0919. The molecule has 3 N–H and O–H groups in total. The standard InChI is InChI=1S/C12H16FIN2O2/c1-2-18-9(7-15)6-12(17)16-11-4-3-8(13)5-10(11)14/h3-5,9H,2,6-7,15H2,1H3,(H,16,17). The van der Waals surface area contributed by atoms with Gasteiger partial charge in [-0.3, -0.25) is 4.79 Å². The molecular weight excluding hydrogens is 350 g/mol. The zero-order valence-electron chi connectivity index (χ0n) is 10.1. The summed E-state index contributed by atoms with van der Waals surface area (Å²) in [5.41, 5.74) is 6.09. The molecule has 6 heteroatoms. The lowest BCUT2D eigenvalue weighted by Gasteiger charge is -2.14. The highest BCUT2D eigenvalue weighted by atomic mass is 127. The van der Waals surface area contributed by atoms with Gasteiger partial charge in [-0.15, -0.1) is 0 Å². The van der Waals surface area contributed by atoms with Crippen LogP contribution in [0.15, 0.2) is 18.2 Å². The van der Waals surface area contributed by atoms with Crippen LogP contribution in [-0.2, 0) is 9.53 Å². The van der Waals surface area contributed by atoms with Crippen LogP contribution in [0.2, 0.25) is 0 Å². The van der Waals surface area contributed by atoms with Crippen molar-refractivity contribution in [3.63, 3.8) is 0 Å². The Bertz CT molecular complexity index is 415. The van der Waals surface area contributed by atoms with Gasteiger partial charge in [-0.05, 0) is 47.7 Å². The first-order valence-electron chi connectivity index (χ1n) is 5.63. The molecule has 1 unspecified atom stereocenters. The number of carbonyl (C=O) groups is 1. The molecule has 1 aromatic rings. The van der Waals surface area contributed by atoms with Crippen LogP contribution < -0.4 is 11.1 Å². The van der Waals surface area contributed by atoms with E-state index in [1.807, 2.05) is 29.5 Å². The highest BCUT2D eigenvalue weighted by Gasteiger charge is 2.13. The Hall–Kier alpha value is -0.730. The van der Waals surface area contributed by atoms with Gasteiger partial charge < -0.3 is 15.8 Å². The minimum atomic E-state index is -0.327. The Morgan fingerprint density at radius 1 is 1.61 bits per heavy atom. The summed E-state index contributed by atoms with van der Waals surface area (Å²) in [5.74, 6) is -0.519. The normalized spacial score (nSPS) is 12.2. The fourth-order valence-electron chi connectivity index (χ4n) is 1.44. The maximum Gasteiger partial charge on any atom is 0.227 e. The molecule has 1 atom stereocenters. The summed E-state index contributed by atoms with van der Waals surface area (Å²) in [6.45, 7) is 2.66. The number of anilines is 1. The fraction of sp³-hybridized carbons (Fsp3) is 0.417. The lowest BCUT2D eigenvalue weighted by Crippen LogP contribution is -2.29. The summed E-state index contributed by atoms with van der Waals surface area (Å²) in [6, 6.07) is 4.20. The van der Waals surface area contributed by atoms with Gasteiger partial charge in [-0.25, -0.2) is 4.39 Å². The summed E-state index contributed by atoms with van der Waals surface area (Å²) in [5, 5.41) is 2.71. The number of ether oxygens (including phenoxy) is 1. The van der Waals surface area contributed by atoms with Gasteiger partial charge in [0.05, 0.1) is 18.2 Å². The van der Waals surface area contributed by atoms with Crippen molar-refractivity contribution in [3.8, 4) is 0 Å². The zero-order valence-corrected chi connectivity index (χ0v) is 12.2. The minimum absolute atomic E-state index is 0.191. The van der Waals surface area contributed by atoms with Crippen molar-refractivity contribution in [2.45, 2.75) is 19.4 Å². The third-order valence-corrected chi connectivity index (χ3v) is 3.18. The highest BCUT2D eigenvalue weighted by Crippen LogP contribution is 2.19. The van der Waals surface area contributed by atoms with Gasteiger partial charge in [0.1, 0.15) is 5.82 Å². The van der Waals surface area contributed by atoms with E-state index in [2.05, 4.69) is 5.32 Å². The molecule has 0 fully saturated rings. The number of amides is 1. The predicted octanol–water partition coefficient (Wildman–Crippen LogP) is 2.12. The monoisotopic (exact) mass is 366 g/mol. The molecule has 18 heavy (non-hydrogen) atoms. The lowest BCUT2D eigenvalue weighted by atomic mass is 10.2. The molecule has 1 amide bonds. The third kappa shape index (κ3) is 4.87. The average Bonchev–Trinajstić information content (AvgIpc) is 2.32. The second-order valence-corrected chi connectivity index (χ2v) is 4.85. The summed E-state index contributed by atoms with van der Waals surface area (Å²) in [4.78, 5) is 11.7. The molecule has 0 saturated carbocycles. The molecule has 0 aromatic heterocycles. The molecule has 0 heterocycles. The molecular formula is C12H16FIN2O2. The number of hydrogen-bond donors (Lipinski definition) is 2. The summed E-state index contributed by atoms with van der Waals surface area (Å²) >= 11 is 1.97. The third-order valence-electron chi connectivity index (χ3n) is 2.28. The highest BCUT2D eigenvalue weighted by molar-refractivity contribution is 14.1. The maximum atomic E-state index is 12.9. The fourth-order valence-corrected chi connectivity index (χ4v) is 2.06. The number of nitrogens with two attached hydrogens (primary N) is 1. The molecule has 1 rings (SSSR count). The molecule has 4 nitrogen and oxygen atoms in total. The van der Waals surface area contributed by atoms with Crippen molar-refractivity contribution >= 4 is 34.2 Å². The first kappa shape index (κ1) is 15.3. The topological polar surface area (TPSA) is 64.3 Å². The molecule has 0 aliphatic carbocycles. The van der Waals surface area contributed by atoms with E-state index in [1.165, 1.54) is 18.2 Å². The van der Waals surface area contributed by atoms with Gasteiger partial charge in [0.15, 0.2) is 0 Å². The van der Waals surface area contributed by atoms with E-state index in [0.717, 1.165) is 0 Å². The molecule has 100 valence electrons. The van der Waals surface area contributed by atoms with E-state index in [4.69, 9.17) is 10.5 Å². The van der Waals surface area contributed by atoms with Gasteiger partial charge >= 0.3 is 0 Å². The lowest BCUT2D eigenvalue weighted by molar-refractivity contribution is -0.118. The molecule has 0 aliphatic heterocycles. The number of carbonyl (C=O) groups excluding carboxylic acids is 1. The van der Waals surface area contributed by atoms with Crippen molar-refractivity contribution < 1.29 is 13.9 Å². The number of rotatable bonds is 6. The molecule has 0 saturated heterocycles. The van der Waals surface area contributed by atoms with Crippen LogP contribution in [0, 0.1) is 9.39 Å². The average molecular weight is 366 g/mol. The van der Waals surface area contributed by atoms with Crippen LogP contribution in [0.3, 0.4) is 0 Å². The van der Waals surface area contributed by atoms with E-state index in [0.29, 0.717) is 22.4 Å². The Balaban J connectivity index is 2.58. The summed E-state index contributed by atoms with van der Waals surface area (Å²) in [7, 11) is 0. The smallest absolute Gasteiger partial charge is 0.227 e. The van der Waals surface area contributed by atoms with Crippen molar-refractivity contribution in [2.75, 3.05) is 18.5 Å². The molecule has 1 aromatic carbocycles. The first-order chi connectivity index (χ1) is 8.56. The van der Waals surface area contributed by atoms with Crippen LogP contribution in [0.1, 0.15) is 13.3 Å². The van der Waals surface area contributed by atoms with E-state index < -0.39 is 0 Å². The van der Waals surface area contributed by atoms with Crippen LogP contribution in [0.5, 0.6) is 0 Å². The van der Waals surface area contributed by atoms with E-state index in [1.54, 1.807) is 0 Å². The first-order valence-corrected chi connectivity index (χ1v) is 6.71. The predicted molar refractivity (Wildman–Crippen MR) is 76.8 cm³/mol. The minimum Gasteiger partial charge on any atom is -0.377 e. The Morgan fingerprint density at radius 2 is 2.33 bits per heavy atom. The van der Waals surface area contributed by atoms with Gasteiger partial charge in [-0.1, -0.05) is 0 Å². The van der Waals surface area contributed by atoms with Crippen molar-refractivity contribution in [2.24, 2.45) is 5.73 Å². The molecule has 0 spiro atoms. The SMILES string of the molecule is CCOC(CN)CC(=O)Nc1ccc(F)cc1I. The largest absolute Gasteiger partial charge is 0.377 e. The van der Waals surface area contributed by atoms with Crippen molar-refractivity contribution in [3.05, 3.63) is 27.6 Å². The van der Waals surface area contributed by atoms with E-state index in [9.17, 15) is 9.18 Å². The quantitative estimate of drug-likeness (QED) is 0.759. The Labute approximate surface area is 119 Å². The van der Waals surface area contributed by atoms with Gasteiger partial charge in [-0.2, -0.15) is 0 Å². The second-order valence-electron chi connectivity index (χ2n) is 3.69. The number of hydrogen-bond acceptors (Lipinski definition) is 3. The maximum absolute atomic E-state index is 12.9. The van der Waals surface area contributed by atoms with E-state index in [-0.39, 0.29) is 24.2 Å². The van der Waals surface area contributed by atoms with Crippen LogP contribution in [0.25, 0.3) is 0 Å². The van der Waals surface area contributed by atoms with Crippen molar-refractivity contribution in [1.82, 2.24) is 0 Å². The number of halogens is 2. The van der Waals surface area contributed by atoms with Gasteiger partial charge in [0.2, 0.25) is 5.91 Å². The molecule has 0 bridgehead atoms. The van der Waals surface area contributed by atoms with Crippen molar-refractivity contribution in [1.29, 1.82) is 0 Å². The van der Waals surface area contributed by atoms with Gasteiger partial charge in [0.25, 0.3) is 0 Å². The summed E-state index contributed by atoms with van der Waals surface area (Å²) < 4.78 is 18.9. The zero-order chi connectivity index (χ0) is 13.5. The second kappa shape index (κ2) is 7.65. The van der Waals surface area contributed by atoms with Crippen LogP contribution in [-0.4, -0.2) is 25.2 Å². The van der Waals surface area contributed by atoms with Crippen LogP contribution in [0.4, 0.5) is 10.1 Å². The van der Waals surface area contributed by atoms with Crippen LogP contribution >= 0.6 is 22.6 Å². The Morgan fingerprint density at radius 3 is 2.89 bits per heavy atom. The molecule has 0 radical (unpaired) electrons.